The first kappa shape index (κ1) is 20.8. The van der Waals surface area contributed by atoms with Crippen LogP contribution in [0.25, 0.3) is 0 Å². The minimum atomic E-state index is -0.591. The largest absolute Gasteiger partial charge is 0.484 e. The number of carbonyl (C=O) groups excluding carboxylic acids is 2. The van der Waals surface area contributed by atoms with Gasteiger partial charge >= 0.3 is 0 Å². The maximum atomic E-state index is 13.4. The second kappa shape index (κ2) is 10.0. The van der Waals surface area contributed by atoms with Crippen molar-refractivity contribution in [2.24, 2.45) is 5.92 Å². The number of nitrogens with one attached hydrogen (secondary N) is 3. The Morgan fingerprint density at radius 1 is 1.29 bits per heavy atom. The predicted octanol–water partition coefficient (Wildman–Crippen LogP) is 1.59. The number of carbonyl (C=O) groups is 2. The van der Waals surface area contributed by atoms with Crippen LogP contribution in [0, 0.1) is 11.7 Å². The molecular weight excluding hydrogens is 389 g/mol. The Labute approximate surface area is 168 Å². The molecule has 28 heavy (non-hydrogen) atoms. The van der Waals surface area contributed by atoms with Crippen molar-refractivity contribution < 1.29 is 23.5 Å². The molecule has 1 aromatic rings. The van der Waals surface area contributed by atoms with E-state index in [1.165, 1.54) is 12.1 Å². The fourth-order valence-corrected chi connectivity index (χ4v) is 3.55. The van der Waals surface area contributed by atoms with Crippen molar-refractivity contribution in [3.05, 3.63) is 29.0 Å². The molecule has 1 atom stereocenters. The van der Waals surface area contributed by atoms with E-state index in [1.54, 1.807) is 0 Å². The summed E-state index contributed by atoms with van der Waals surface area (Å²) < 4.78 is 24.1. The van der Waals surface area contributed by atoms with Crippen LogP contribution in [-0.4, -0.2) is 50.4 Å². The Bertz CT molecular complexity index is 692. The third-order valence-electron chi connectivity index (χ3n) is 4.98. The van der Waals surface area contributed by atoms with E-state index in [9.17, 15) is 14.0 Å². The molecule has 0 spiro atoms. The first-order valence-electron chi connectivity index (χ1n) is 9.51. The van der Waals surface area contributed by atoms with Crippen LogP contribution in [0.2, 0.25) is 5.02 Å². The molecule has 9 heteroatoms. The minimum absolute atomic E-state index is 0.00429. The molecule has 2 amide bonds. The van der Waals surface area contributed by atoms with Gasteiger partial charge in [0.15, 0.2) is 6.61 Å². The maximum absolute atomic E-state index is 13.4. The number of halogens is 2. The standard InChI is InChI=1S/C19H25ClFN3O4/c20-15-6-5-14(9-16(15)21)28-11-17(25)24-13-3-1-12(2-4-13)19(26)23-10-18-22-7-8-27-18/h5-6,9,12-13,18,22H,1-4,7-8,10-11H2,(H,23,26)(H,24,25). The van der Waals surface area contributed by atoms with E-state index >= 15 is 0 Å². The van der Waals surface area contributed by atoms with Crippen LogP contribution < -0.4 is 20.7 Å². The summed E-state index contributed by atoms with van der Waals surface area (Å²) in [5, 5.41) is 8.98. The molecule has 1 saturated carbocycles. The van der Waals surface area contributed by atoms with Crippen molar-refractivity contribution in [2.45, 2.75) is 38.0 Å². The number of ether oxygens (including phenoxy) is 2. The summed E-state index contributed by atoms with van der Waals surface area (Å²) in [5.74, 6) is -0.615. The summed E-state index contributed by atoms with van der Waals surface area (Å²) in [4.78, 5) is 24.3. The highest BCUT2D eigenvalue weighted by Gasteiger charge is 2.27. The highest BCUT2D eigenvalue weighted by atomic mass is 35.5. The van der Waals surface area contributed by atoms with Gasteiger partial charge in [-0.1, -0.05) is 11.6 Å². The lowest BCUT2D eigenvalue weighted by Gasteiger charge is -2.28. The molecule has 1 aliphatic carbocycles. The first-order valence-corrected chi connectivity index (χ1v) is 9.89. The fraction of sp³-hybridized carbons (Fsp3) is 0.579. The Kier molecular flexibility index (Phi) is 7.47. The highest BCUT2D eigenvalue weighted by Crippen LogP contribution is 2.24. The first-order chi connectivity index (χ1) is 13.5. The molecule has 1 aromatic carbocycles. The summed E-state index contributed by atoms with van der Waals surface area (Å²) in [7, 11) is 0. The Balaban J connectivity index is 1.33. The van der Waals surface area contributed by atoms with E-state index in [2.05, 4.69) is 16.0 Å². The van der Waals surface area contributed by atoms with E-state index in [-0.39, 0.29) is 47.4 Å². The lowest BCUT2D eigenvalue weighted by atomic mass is 9.85. The van der Waals surface area contributed by atoms with Gasteiger partial charge in [-0.05, 0) is 37.8 Å². The maximum Gasteiger partial charge on any atom is 0.258 e. The summed E-state index contributed by atoms with van der Waals surface area (Å²) in [6.45, 7) is 1.75. The molecule has 2 aliphatic rings. The predicted molar refractivity (Wildman–Crippen MR) is 102 cm³/mol. The van der Waals surface area contributed by atoms with E-state index in [0.717, 1.165) is 38.3 Å². The average Bonchev–Trinajstić information content (AvgIpc) is 3.21. The summed E-state index contributed by atoms with van der Waals surface area (Å²) in [6, 6.07) is 4.05. The molecule has 1 heterocycles. The van der Waals surface area contributed by atoms with Crippen LogP contribution in [0.5, 0.6) is 5.75 Å². The molecular formula is C19H25ClFN3O4. The van der Waals surface area contributed by atoms with E-state index in [0.29, 0.717) is 13.2 Å². The molecule has 2 fully saturated rings. The summed E-state index contributed by atoms with van der Waals surface area (Å²) in [6.07, 6.45) is 2.81. The van der Waals surface area contributed by atoms with Gasteiger partial charge in [-0.2, -0.15) is 0 Å². The normalized spacial score (nSPS) is 24.6. The van der Waals surface area contributed by atoms with Crippen LogP contribution in [0.15, 0.2) is 18.2 Å². The van der Waals surface area contributed by atoms with Crippen molar-refractivity contribution in [1.29, 1.82) is 0 Å². The zero-order valence-electron chi connectivity index (χ0n) is 15.5. The second-order valence-electron chi connectivity index (χ2n) is 7.04. The van der Waals surface area contributed by atoms with Gasteiger partial charge in [0, 0.05) is 24.6 Å². The smallest absolute Gasteiger partial charge is 0.258 e. The lowest BCUT2D eigenvalue weighted by molar-refractivity contribution is -0.126. The molecule has 154 valence electrons. The molecule has 7 nitrogen and oxygen atoms in total. The van der Waals surface area contributed by atoms with Crippen LogP contribution in [-0.2, 0) is 14.3 Å². The number of amides is 2. The molecule has 1 aliphatic heterocycles. The third-order valence-corrected chi connectivity index (χ3v) is 5.29. The van der Waals surface area contributed by atoms with Gasteiger partial charge in [0.2, 0.25) is 5.91 Å². The highest BCUT2D eigenvalue weighted by molar-refractivity contribution is 6.30. The molecule has 1 unspecified atom stereocenters. The van der Waals surface area contributed by atoms with E-state index < -0.39 is 5.82 Å². The van der Waals surface area contributed by atoms with Gasteiger partial charge < -0.3 is 20.1 Å². The van der Waals surface area contributed by atoms with Crippen molar-refractivity contribution in [1.82, 2.24) is 16.0 Å². The fourth-order valence-electron chi connectivity index (χ4n) is 3.43. The molecule has 3 rings (SSSR count). The van der Waals surface area contributed by atoms with Crippen LogP contribution >= 0.6 is 11.6 Å². The number of rotatable bonds is 7. The Morgan fingerprint density at radius 3 is 2.75 bits per heavy atom. The summed E-state index contributed by atoms with van der Waals surface area (Å²) in [5.41, 5.74) is 0. The average molecular weight is 414 g/mol. The van der Waals surface area contributed by atoms with Gasteiger partial charge in [-0.3, -0.25) is 14.9 Å². The summed E-state index contributed by atoms with van der Waals surface area (Å²) >= 11 is 5.61. The minimum Gasteiger partial charge on any atom is -0.484 e. The Morgan fingerprint density at radius 2 is 2.07 bits per heavy atom. The molecule has 0 aromatic heterocycles. The Hall–Kier alpha value is -1.90. The molecule has 0 radical (unpaired) electrons. The monoisotopic (exact) mass is 413 g/mol. The molecule has 3 N–H and O–H groups in total. The SMILES string of the molecule is O=C(COc1ccc(Cl)c(F)c1)NC1CCC(C(=O)NCC2NCCO2)CC1. The van der Waals surface area contributed by atoms with Crippen molar-refractivity contribution in [3.63, 3.8) is 0 Å². The number of hydrogen-bond acceptors (Lipinski definition) is 5. The van der Waals surface area contributed by atoms with Crippen LogP contribution in [0.3, 0.4) is 0 Å². The zero-order valence-corrected chi connectivity index (χ0v) is 16.3. The second-order valence-corrected chi connectivity index (χ2v) is 7.45. The topological polar surface area (TPSA) is 88.7 Å². The molecule has 1 saturated heterocycles. The van der Waals surface area contributed by atoms with Crippen molar-refractivity contribution >= 4 is 23.4 Å². The van der Waals surface area contributed by atoms with Gasteiger partial charge in [-0.15, -0.1) is 0 Å². The van der Waals surface area contributed by atoms with Gasteiger partial charge in [0.25, 0.3) is 5.91 Å². The number of hydrogen-bond donors (Lipinski definition) is 3. The van der Waals surface area contributed by atoms with Gasteiger partial charge in [0.05, 0.1) is 18.2 Å². The zero-order chi connectivity index (χ0) is 19.9. The third kappa shape index (κ3) is 6.05. The quantitative estimate of drug-likeness (QED) is 0.631. The van der Waals surface area contributed by atoms with Crippen molar-refractivity contribution in [3.8, 4) is 5.75 Å². The van der Waals surface area contributed by atoms with Crippen molar-refractivity contribution in [2.75, 3.05) is 26.3 Å². The lowest BCUT2D eigenvalue weighted by Crippen LogP contribution is -2.44. The molecule has 0 bridgehead atoms. The van der Waals surface area contributed by atoms with Crippen LogP contribution in [0.4, 0.5) is 4.39 Å². The van der Waals surface area contributed by atoms with E-state index in [1.807, 2.05) is 0 Å². The van der Waals surface area contributed by atoms with E-state index in [4.69, 9.17) is 21.1 Å². The van der Waals surface area contributed by atoms with Crippen LogP contribution in [0.1, 0.15) is 25.7 Å². The van der Waals surface area contributed by atoms with Gasteiger partial charge in [-0.25, -0.2) is 4.39 Å². The number of benzene rings is 1. The van der Waals surface area contributed by atoms with Gasteiger partial charge in [0.1, 0.15) is 17.8 Å².